The van der Waals surface area contributed by atoms with Gasteiger partial charge in [0, 0.05) is 11.3 Å². The van der Waals surface area contributed by atoms with Crippen molar-refractivity contribution in [2.24, 2.45) is 17.3 Å². The fourth-order valence-electron chi connectivity index (χ4n) is 5.22. The van der Waals surface area contributed by atoms with Crippen LogP contribution in [0.1, 0.15) is 32.3 Å². The highest BCUT2D eigenvalue weighted by Crippen LogP contribution is 2.59. The number of fused-ring (bicyclic) bond motifs is 1. The Morgan fingerprint density at radius 1 is 1.00 bits per heavy atom. The lowest BCUT2D eigenvalue weighted by Gasteiger charge is -2.57. The van der Waals surface area contributed by atoms with Crippen LogP contribution in [-0.4, -0.2) is 25.1 Å². The maximum Gasteiger partial charge on any atom is 0.104 e. The van der Waals surface area contributed by atoms with Crippen LogP contribution < -0.4 is 29.7 Å². The van der Waals surface area contributed by atoms with Gasteiger partial charge in [-0.05, 0) is 58.9 Å². The third kappa shape index (κ3) is 4.16. The molecule has 0 spiro atoms. The van der Waals surface area contributed by atoms with Crippen LogP contribution in [0.15, 0.2) is 60.2 Å². The number of hydrogen-bond donors (Lipinski definition) is 1. The highest BCUT2D eigenvalue weighted by atomic mass is 127. The van der Waals surface area contributed by atoms with Gasteiger partial charge >= 0.3 is 0 Å². The van der Waals surface area contributed by atoms with Crippen LogP contribution >= 0.6 is 0 Å². The van der Waals surface area contributed by atoms with Crippen LogP contribution in [0.3, 0.4) is 0 Å². The highest BCUT2D eigenvalue weighted by molar-refractivity contribution is 5.67. The fraction of sp³-hybridized carbons (Fsp3) is 0.440. The van der Waals surface area contributed by atoms with Crippen molar-refractivity contribution >= 4 is 5.69 Å². The molecule has 3 aliphatic rings. The van der Waals surface area contributed by atoms with Gasteiger partial charge in [0.05, 0.1) is 14.1 Å². The predicted molar refractivity (Wildman–Crippen MR) is 115 cm³/mol. The maximum absolute atomic E-state index is 5.92. The minimum Gasteiger partial charge on any atom is -1.00 e. The third-order valence-corrected chi connectivity index (χ3v) is 6.98. The Morgan fingerprint density at radius 3 is 2.32 bits per heavy atom. The number of rotatable bonds is 5. The minimum absolute atomic E-state index is 0. The first-order valence-corrected chi connectivity index (χ1v) is 10.2. The van der Waals surface area contributed by atoms with Gasteiger partial charge in [0.15, 0.2) is 0 Å². The van der Waals surface area contributed by atoms with Crippen LogP contribution in [-0.2, 0) is 6.54 Å². The molecular weight excluding hydrogens is 455 g/mol. The number of nitrogen functional groups attached to an aromatic ring is 1. The van der Waals surface area contributed by atoms with Crippen LogP contribution in [0.25, 0.3) is 11.1 Å². The van der Waals surface area contributed by atoms with Crippen LogP contribution in [0.4, 0.5) is 5.69 Å². The Labute approximate surface area is 187 Å². The van der Waals surface area contributed by atoms with Crippen molar-refractivity contribution in [2.45, 2.75) is 33.2 Å². The molecule has 3 heteroatoms. The number of halogens is 1. The summed E-state index contributed by atoms with van der Waals surface area (Å²) < 4.78 is 1.01. The summed E-state index contributed by atoms with van der Waals surface area (Å²) in [7, 11) is 4.73. The van der Waals surface area contributed by atoms with E-state index in [1.54, 1.807) is 5.57 Å². The van der Waals surface area contributed by atoms with E-state index in [0.29, 0.717) is 5.41 Å². The molecule has 2 N–H and O–H groups in total. The lowest BCUT2D eigenvalue weighted by atomic mass is 9.49. The molecule has 1 fully saturated rings. The van der Waals surface area contributed by atoms with Gasteiger partial charge in [-0.1, -0.05) is 56.3 Å². The van der Waals surface area contributed by atoms with Crippen molar-refractivity contribution in [3.8, 4) is 11.1 Å². The van der Waals surface area contributed by atoms with E-state index < -0.39 is 0 Å². The standard InChI is InChI=1S/C25H33N2.HI/c1-25(2)22-13-12-21(24(25)15-22)17-27(3,4)16-18-8-10-19(11-9-18)20-6-5-7-23(26)14-20;/h5-12,14,22,24H,13,15-17,26H2,1-4H3;1H/q+1;/p-1/t22-,24-;/m0./s1. The summed E-state index contributed by atoms with van der Waals surface area (Å²) in [6.45, 7) is 7.16. The first kappa shape index (κ1) is 21.4. The molecule has 2 nitrogen and oxygen atoms in total. The molecule has 150 valence electrons. The van der Waals surface area contributed by atoms with E-state index in [0.717, 1.165) is 35.1 Å². The summed E-state index contributed by atoms with van der Waals surface area (Å²) in [4.78, 5) is 0. The summed E-state index contributed by atoms with van der Waals surface area (Å²) in [5.41, 5.74) is 12.8. The second kappa shape index (κ2) is 7.83. The van der Waals surface area contributed by atoms with Crippen LogP contribution in [0.5, 0.6) is 0 Å². The van der Waals surface area contributed by atoms with Crippen molar-refractivity contribution in [1.82, 2.24) is 0 Å². The number of nitrogens with two attached hydrogens (primary N) is 1. The number of allylic oxidation sites excluding steroid dienone is 1. The number of anilines is 1. The molecular formula is C25H33IN2. The monoisotopic (exact) mass is 488 g/mol. The van der Waals surface area contributed by atoms with Gasteiger partial charge < -0.3 is 34.2 Å². The second-order valence-electron chi connectivity index (χ2n) is 9.90. The Bertz CT molecular complexity index is 864. The predicted octanol–water partition coefficient (Wildman–Crippen LogP) is 2.51. The van der Waals surface area contributed by atoms with Gasteiger partial charge in [-0.15, -0.1) is 0 Å². The van der Waals surface area contributed by atoms with Gasteiger partial charge in [-0.2, -0.15) is 0 Å². The van der Waals surface area contributed by atoms with E-state index in [-0.39, 0.29) is 24.0 Å². The van der Waals surface area contributed by atoms with E-state index in [2.05, 4.69) is 64.4 Å². The highest BCUT2D eigenvalue weighted by Gasteiger charge is 2.52. The van der Waals surface area contributed by atoms with Crippen molar-refractivity contribution in [3.63, 3.8) is 0 Å². The van der Waals surface area contributed by atoms with E-state index in [1.807, 2.05) is 18.2 Å². The lowest BCUT2D eigenvalue weighted by Crippen LogP contribution is -3.00. The summed E-state index contributed by atoms with van der Waals surface area (Å²) >= 11 is 0. The number of nitrogens with zero attached hydrogens (tertiary/aromatic N) is 1. The van der Waals surface area contributed by atoms with E-state index in [9.17, 15) is 0 Å². The summed E-state index contributed by atoms with van der Waals surface area (Å²) in [5, 5.41) is 0. The van der Waals surface area contributed by atoms with E-state index in [1.165, 1.54) is 29.5 Å². The second-order valence-corrected chi connectivity index (χ2v) is 9.90. The zero-order valence-corrected chi connectivity index (χ0v) is 19.7. The Morgan fingerprint density at radius 2 is 1.71 bits per heavy atom. The van der Waals surface area contributed by atoms with Gasteiger partial charge in [-0.25, -0.2) is 0 Å². The molecule has 1 saturated carbocycles. The SMILES string of the molecule is CC1(C)[C@H]2CC=C(C[N+](C)(C)Cc3ccc(-c4cccc(N)c4)cc3)[C@@H]1C2.[I-]. The van der Waals surface area contributed by atoms with Gasteiger partial charge in [-0.3, -0.25) is 0 Å². The molecule has 3 aliphatic carbocycles. The normalized spacial score (nSPS) is 22.6. The third-order valence-electron chi connectivity index (χ3n) is 6.98. The molecule has 0 aromatic heterocycles. The molecule has 0 unspecified atom stereocenters. The van der Waals surface area contributed by atoms with Crippen molar-refractivity contribution in [1.29, 1.82) is 0 Å². The molecule has 2 aromatic rings. The maximum atomic E-state index is 5.92. The molecule has 0 aliphatic heterocycles. The van der Waals surface area contributed by atoms with Crippen molar-refractivity contribution in [3.05, 3.63) is 65.7 Å². The number of quaternary nitrogens is 1. The Balaban J connectivity index is 0.00000225. The molecule has 0 heterocycles. The molecule has 0 radical (unpaired) electrons. The quantitative estimate of drug-likeness (QED) is 0.298. The van der Waals surface area contributed by atoms with Crippen molar-refractivity contribution < 1.29 is 28.5 Å². The molecule has 5 rings (SSSR count). The lowest BCUT2D eigenvalue weighted by molar-refractivity contribution is -0.899. The zero-order valence-electron chi connectivity index (χ0n) is 17.6. The summed E-state index contributed by atoms with van der Waals surface area (Å²) in [6.07, 6.45) is 5.24. The number of hydrogen-bond acceptors (Lipinski definition) is 1. The topological polar surface area (TPSA) is 26.0 Å². The van der Waals surface area contributed by atoms with Crippen molar-refractivity contribution in [2.75, 3.05) is 26.4 Å². The number of likely N-dealkylation sites (N-methyl/N-ethyl adjacent to an activating group) is 1. The Kier molecular flexibility index (Phi) is 5.98. The molecule has 28 heavy (non-hydrogen) atoms. The van der Waals surface area contributed by atoms with E-state index >= 15 is 0 Å². The van der Waals surface area contributed by atoms with Gasteiger partial charge in [0.2, 0.25) is 0 Å². The largest absolute Gasteiger partial charge is 1.00 e. The minimum atomic E-state index is 0. The first-order valence-electron chi connectivity index (χ1n) is 10.2. The Hall–Kier alpha value is -1.33. The smallest absolute Gasteiger partial charge is 0.104 e. The summed E-state index contributed by atoms with van der Waals surface area (Å²) in [6, 6.07) is 17.1. The van der Waals surface area contributed by atoms with Crippen LogP contribution in [0, 0.1) is 17.3 Å². The average Bonchev–Trinajstić information content (AvgIpc) is 2.61. The zero-order chi connectivity index (χ0) is 19.2. The van der Waals surface area contributed by atoms with E-state index in [4.69, 9.17) is 5.73 Å². The molecule has 2 aromatic carbocycles. The molecule has 0 saturated heterocycles. The van der Waals surface area contributed by atoms with Gasteiger partial charge in [0.1, 0.15) is 13.1 Å². The average molecular weight is 488 g/mol. The fourth-order valence-corrected chi connectivity index (χ4v) is 5.22. The molecule has 2 bridgehead atoms. The summed E-state index contributed by atoms with van der Waals surface area (Å²) in [5.74, 6) is 1.72. The first-order chi connectivity index (χ1) is 12.7. The van der Waals surface area contributed by atoms with Gasteiger partial charge in [0.25, 0.3) is 0 Å². The molecule has 2 atom stereocenters. The number of benzene rings is 2. The van der Waals surface area contributed by atoms with Crippen LogP contribution in [0.2, 0.25) is 0 Å². The molecule has 0 amide bonds.